The summed E-state index contributed by atoms with van der Waals surface area (Å²) in [7, 11) is -3.22. The number of fused-ring (bicyclic) bond motifs is 1. The second kappa shape index (κ2) is 5.82. The van der Waals surface area contributed by atoms with Gasteiger partial charge in [-0.25, -0.2) is 13.1 Å². The normalized spacial score (nSPS) is 15.8. The standard InChI is InChI=1S/C13H19NO3S/c15-7-3-4-8-18(16,17)14-13-9-11-5-1-2-6-12(11)10-13/h1-2,5-6,13-15H,3-4,7-10H2. The molecule has 0 saturated heterocycles. The molecule has 1 aromatic rings. The summed E-state index contributed by atoms with van der Waals surface area (Å²) in [6, 6.07) is 8.06. The fraction of sp³-hybridized carbons (Fsp3) is 0.538. The fourth-order valence-electron chi connectivity index (χ4n) is 2.36. The van der Waals surface area contributed by atoms with E-state index in [2.05, 4.69) is 16.9 Å². The zero-order chi connectivity index (χ0) is 13.0. The van der Waals surface area contributed by atoms with Gasteiger partial charge in [0.1, 0.15) is 0 Å². The summed E-state index contributed by atoms with van der Waals surface area (Å²) in [6.45, 7) is 0.0460. The van der Waals surface area contributed by atoms with Crippen LogP contribution in [0.3, 0.4) is 0 Å². The van der Waals surface area contributed by atoms with E-state index >= 15 is 0 Å². The van der Waals surface area contributed by atoms with E-state index in [0.717, 1.165) is 12.8 Å². The SMILES string of the molecule is O=S(=O)(CCCCO)NC1Cc2ccccc2C1. The van der Waals surface area contributed by atoms with Crippen LogP contribution in [0.5, 0.6) is 0 Å². The minimum absolute atomic E-state index is 0.0125. The lowest BCUT2D eigenvalue weighted by molar-refractivity contribution is 0.287. The third-order valence-corrected chi connectivity index (χ3v) is 4.74. The quantitative estimate of drug-likeness (QED) is 0.752. The van der Waals surface area contributed by atoms with Gasteiger partial charge in [-0.15, -0.1) is 0 Å². The Morgan fingerprint density at radius 2 is 1.78 bits per heavy atom. The van der Waals surface area contributed by atoms with Crippen LogP contribution in [0.25, 0.3) is 0 Å². The van der Waals surface area contributed by atoms with Gasteiger partial charge in [-0.2, -0.15) is 0 Å². The minimum atomic E-state index is -3.22. The van der Waals surface area contributed by atoms with Gasteiger partial charge in [-0.3, -0.25) is 0 Å². The monoisotopic (exact) mass is 269 g/mol. The van der Waals surface area contributed by atoms with Crippen LogP contribution in [0.2, 0.25) is 0 Å². The molecule has 0 unspecified atom stereocenters. The molecule has 0 radical (unpaired) electrons. The van der Waals surface area contributed by atoms with E-state index in [1.54, 1.807) is 0 Å². The summed E-state index contributed by atoms with van der Waals surface area (Å²) in [5.41, 5.74) is 2.47. The van der Waals surface area contributed by atoms with E-state index in [9.17, 15) is 8.42 Å². The van der Waals surface area contributed by atoms with Gasteiger partial charge in [0.15, 0.2) is 0 Å². The highest BCUT2D eigenvalue weighted by Gasteiger charge is 2.24. The average Bonchev–Trinajstić information content (AvgIpc) is 2.70. The van der Waals surface area contributed by atoms with Crippen molar-refractivity contribution >= 4 is 10.0 Å². The molecule has 0 heterocycles. The maximum atomic E-state index is 11.8. The van der Waals surface area contributed by atoms with Crippen molar-refractivity contribution in [2.75, 3.05) is 12.4 Å². The largest absolute Gasteiger partial charge is 0.396 e. The molecule has 0 aliphatic heterocycles. The Balaban J connectivity index is 1.89. The molecule has 5 heteroatoms. The van der Waals surface area contributed by atoms with Crippen molar-refractivity contribution in [2.45, 2.75) is 31.7 Å². The summed E-state index contributed by atoms with van der Waals surface area (Å²) in [4.78, 5) is 0. The van der Waals surface area contributed by atoms with Gasteiger partial charge in [0.25, 0.3) is 0 Å². The van der Waals surface area contributed by atoms with Gasteiger partial charge in [-0.1, -0.05) is 24.3 Å². The molecule has 18 heavy (non-hydrogen) atoms. The lowest BCUT2D eigenvalue weighted by Gasteiger charge is -2.12. The summed E-state index contributed by atoms with van der Waals surface area (Å²) < 4.78 is 26.4. The van der Waals surface area contributed by atoms with Gasteiger partial charge >= 0.3 is 0 Å². The molecule has 0 amide bonds. The Labute approximate surface area is 108 Å². The molecule has 2 N–H and O–H groups in total. The number of unbranched alkanes of at least 4 members (excludes halogenated alkanes) is 1. The number of aliphatic hydroxyl groups excluding tert-OH is 1. The Morgan fingerprint density at radius 1 is 1.17 bits per heavy atom. The maximum absolute atomic E-state index is 11.8. The average molecular weight is 269 g/mol. The molecule has 1 aliphatic rings. The van der Waals surface area contributed by atoms with Gasteiger partial charge in [0.05, 0.1) is 5.75 Å². The summed E-state index contributed by atoms with van der Waals surface area (Å²) in [6.07, 6.45) is 2.59. The van der Waals surface area contributed by atoms with Crippen molar-refractivity contribution < 1.29 is 13.5 Å². The molecular weight excluding hydrogens is 250 g/mol. The second-order valence-electron chi connectivity index (χ2n) is 4.74. The number of rotatable bonds is 6. The van der Waals surface area contributed by atoms with Crippen LogP contribution in [0.15, 0.2) is 24.3 Å². The molecule has 0 saturated carbocycles. The van der Waals surface area contributed by atoms with E-state index in [1.807, 2.05) is 12.1 Å². The van der Waals surface area contributed by atoms with Crippen LogP contribution in [0.4, 0.5) is 0 Å². The van der Waals surface area contributed by atoms with Crippen molar-refractivity contribution in [3.8, 4) is 0 Å². The van der Waals surface area contributed by atoms with Crippen molar-refractivity contribution in [3.05, 3.63) is 35.4 Å². The highest BCUT2D eigenvalue weighted by atomic mass is 32.2. The number of benzene rings is 1. The fourth-order valence-corrected chi connectivity index (χ4v) is 3.74. The summed E-state index contributed by atoms with van der Waals surface area (Å²) >= 11 is 0. The smallest absolute Gasteiger partial charge is 0.211 e. The number of sulfonamides is 1. The van der Waals surface area contributed by atoms with Crippen molar-refractivity contribution in [3.63, 3.8) is 0 Å². The predicted octanol–water partition coefficient (Wildman–Crippen LogP) is 0.846. The van der Waals surface area contributed by atoms with Crippen molar-refractivity contribution in [1.29, 1.82) is 0 Å². The highest BCUT2D eigenvalue weighted by Crippen LogP contribution is 2.22. The summed E-state index contributed by atoms with van der Waals surface area (Å²) in [5.74, 6) is 0.0976. The van der Waals surface area contributed by atoms with Crippen molar-refractivity contribution in [2.24, 2.45) is 0 Å². The van der Waals surface area contributed by atoms with E-state index in [-0.39, 0.29) is 18.4 Å². The Kier molecular flexibility index (Phi) is 4.37. The van der Waals surface area contributed by atoms with Crippen LogP contribution >= 0.6 is 0 Å². The Morgan fingerprint density at radius 3 is 2.33 bits per heavy atom. The van der Waals surface area contributed by atoms with E-state index in [4.69, 9.17) is 5.11 Å². The van der Waals surface area contributed by atoms with E-state index in [1.165, 1.54) is 11.1 Å². The Hall–Kier alpha value is -0.910. The topological polar surface area (TPSA) is 66.4 Å². The lowest BCUT2D eigenvalue weighted by Crippen LogP contribution is -2.36. The van der Waals surface area contributed by atoms with Crippen LogP contribution < -0.4 is 4.72 Å². The zero-order valence-corrected chi connectivity index (χ0v) is 11.1. The molecule has 0 fully saturated rings. The van der Waals surface area contributed by atoms with Crippen LogP contribution in [-0.4, -0.2) is 31.9 Å². The maximum Gasteiger partial charge on any atom is 0.211 e. The first-order valence-corrected chi connectivity index (χ1v) is 7.93. The van der Waals surface area contributed by atoms with Crippen LogP contribution in [0.1, 0.15) is 24.0 Å². The third kappa shape index (κ3) is 3.54. The first kappa shape index (κ1) is 13.5. The van der Waals surface area contributed by atoms with Crippen LogP contribution in [-0.2, 0) is 22.9 Å². The number of hydrogen-bond acceptors (Lipinski definition) is 3. The molecule has 0 spiro atoms. The number of aliphatic hydroxyl groups is 1. The number of hydrogen-bond donors (Lipinski definition) is 2. The van der Waals surface area contributed by atoms with Gasteiger partial charge in [0, 0.05) is 12.6 Å². The molecule has 100 valence electrons. The number of nitrogens with one attached hydrogen (secondary N) is 1. The Bertz CT molecular complexity index is 474. The van der Waals surface area contributed by atoms with Gasteiger partial charge < -0.3 is 5.11 Å². The minimum Gasteiger partial charge on any atom is -0.396 e. The molecule has 2 rings (SSSR count). The summed E-state index contributed by atoms with van der Waals surface area (Å²) in [5, 5.41) is 8.65. The van der Waals surface area contributed by atoms with Gasteiger partial charge in [-0.05, 0) is 36.8 Å². The molecule has 1 aliphatic carbocycles. The van der Waals surface area contributed by atoms with Gasteiger partial charge in [0.2, 0.25) is 10.0 Å². The first-order valence-electron chi connectivity index (χ1n) is 6.28. The molecule has 0 aromatic heterocycles. The molecule has 0 atom stereocenters. The van der Waals surface area contributed by atoms with E-state index < -0.39 is 10.0 Å². The molecule has 1 aromatic carbocycles. The molecule has 0 bridgehead atoms. The van der Waals surface area contributed by atoms with Crippen molar-refractivity contribution in [1.82, 2.24) is 4.72 Å². The molecular formula is C13H19NO3S. The third-order valence-electron chi connectivity index (χ3n) is 3.22. The molecule has 4 nitrogen and oxygen atoms in total. The predicted molar refractivity (Wildman–Crippen MR) is 70.9 cm³/mol. The van der Waals surface area contributed by atoms with Crippen LogP contribution in [0, 0.1) is 0 Å². The highest BCUT2D eigenvalue weighted by molar-refractivity contribution is 7.89. The van der Waals surface area contributed by atoms with E-state index in [0.29, 0.717) is 12.8 Å². The lowest BCUT2D eigenvalue weighted by atomic mass is 10.1. The zero-order valence-electron chi connectivity index (χ0n) is 10.3. The second-order valence-corrected chi connectivity index (χ2v) is 6.61. The first-order chi connectivity index (χ1) is 8.61.